The summed E-state index contributed by atoms with van der Waals surface area (Å²) in [5.74, 6) is 0.106. The Bertz CT molecular complexity index is 322. The van der Waals surface area contributed by atoms with Crippen molar-refractivity contribution < 1.29 is 9.84 Å². The van der Waals surface area contributed by atoms with Gasteiger partial charge in [-0.25, -0.2) is 0 Å². The molecule has 0 heterocycles. The van der Waals surface area contributed by atoms with E-state index in [1.165, 1.54) is 0 Å². The molecule has 0 aliphatic heterocycles. The highest BCUT2D eigenvalue weighted by Gasteiger charge is 2.17. The van der Waals surface area contributed by atoms with Gasteiger partial charge in [0, 0.05) is 23.8 Å². The molecule has 2 nitrogen and oxygen atoms in total. The monoisotopic (exact) mass is 262 g/mol. The normalized spacial score (nSPS) is 14.8. The van der Waals surface area contributed by atoms with Crippen molar-refractivity contribution in [3.8, 4) is 0 Å². The molecular weight excluding hydrogens is 247 g/mol. The Kier molecular flexibility index (Phi) is 5.56. The largest absolute Gasteiger partial charge is 0.388 e. The highest BCUT2D eigenvalue weighted by Crippen LogP contribution is 2.29. The molecule has 0 amide bonds. The number of hydrogen-bond acceptors (Lipinski definition) is 2. The third kappa shape index (κ3) is 3.95. The maximum Gasteiger partial charge on any atom is 0.0817 e. The van der Waals surface area contributed by atoms with E-state index in [0.29, 0.717) is 16.7 Å². The summed E-state index contributed by atoms with van der Waals surface area (Å²) >= 11 is 11.8. The molecule has 0 aromatic heterocycles. The van der Waals surface area contributed by atoms with E-state index in [-0.39, 0.29) is 5.92 Å². The lowest BCUT2D eigenvalue weighted by molar-refractivity contribution is 0.0886. The lowest BCUT2D eigenvalue weighted by Gasteiger charge is -2.19. The molecule has 0 saturated heterocycles. The van der Waals surface area contributed by atoms with Crippen LogP contribution in [0, 0.1) is 5.92 Å². The van der Waals surface area contributed by atoms with Gasteiger partial charge in [0.2, 0.25) is 0 Å². The van der Waals surface area contributed by atoms with Crippen molar-refractivity contribution in [1.29, 1.82) is 0 Å². The van der Waals surface area contributed by atoms with E-state index in [1.54, 1.807) is 25.3 Å². The highest BCUT2D eigenvalue weighted by atomic mass is 35.5. The average Bonchev–Trinajstić information content (AvgIpc) is 2.23. The zero-order valence-electron chi connectivity index (χ0n) is 9.41. The highest BCUT2D eigenvalue weighted by molar-refractivity contribution is 6.34. The predicted molar refractivity (Wildman–Crippen MR) is 67.1 cm³/mol. The van der Waals surface area contributed by atoms with Crippen LogP contribution < -0.4 is 0 Å². The molecule has 1 aromatic rings. The molecule has 0 fully saturated rings. The summed E-state index contributed by atoms with van der Waals surface area (Å²) in [7, 11) is 1.65. The van der Waals surface area contributed by atoms with Gasteiger partial charge in [-0.15, -0.1) is 0 Å². The zero-order valence-corrected chi connectivity index (χ0v) is 10.9. The van der Waals surface area contributed by atoms with Gasteiger partial charge < -0.3 is 9.84 Å². The van der Waals surface area contributed by atoms with Crippen molar-refractivity contribution in [2.45, 2.75) is 19.4 Å². The van der Waals surface area contributed by atoms with E-state index in [1.807, 2.05) is 6.92 Å². The predicted octanol–water partition coefficient (Wildman–Crippen LogP) is 3.70. The van der Waals surface area contributed by atoms with Crippen molar-refractivity contribution in [1.82, 2.24) is 0 Å². The first kappa shape index (κ1) is 13.8. The molecule has 90 valence electrons. The first-order valence-corrected chi connectivity index (χ1v) is 5.93. The Morgan fingerprint density at radius 3 is 2.31 bits per heavy atom. The van der Waals surface area contributed by atoms with Crippen molar-refractivity contribution in [3.63, 3.8) is 0 Å². The minimum absolute atomic E-state index is 0.106. The molecule has 0 radical (unpaired) electrons. The maximum atomic E-state index is 10.1. The number of rotatable bonds is 5. The number of methoxy groups -OCH3 is 1. The zero-order chi connectivity index (χ0) is 12.1. The number of halogens is 2. The van der Waals surface area contributed by atoms with Gasteiger partial charge in [-0.05, 0) is 36.1 Å². The van der Waals surface area contributed by atoms with Gasteiger partial charge in [-0.2, -0.15) is 0 Å². The fourth-order valence-electron chi connectivity index (χ4n) is 1.54. The van der Waals surface area contributed by atoms with Crippen LogP contribution in [0.2, 0.25) is 10.0 Å². The fraction of sp³-hybridized carbons (Fsp3) is 0.500. The third-order valence-corrected chi connectivity index (χ3v) is 2.98. The SMILES string of the molecule is COCCC(C)C(O)c1cc(Cl)cc(Cl)c1. The Morgan fingerprint density at radius 2 is 1.81 bits per heavy atom. The van der Waals surface area contributed by atoms with Crippen LogP contribution in [0.5, 0.6) is 0 Å². The van der Waals surface area contributed by atoms with E-state index in [0.717, 1.165) is 12.0 Å². The van der Waals surface area contributed by atoms with Crippen LogP contribution >= 0.6 is 23.2 Å². The summed E-state index contributed by atoms with van der Waals surface area (Å²) in [6.07, 6.45) is 0.230. The van der Waals surface area contributed by atoms with Gasteiger partial charge in [0.05, 0.1) is 6.10 Å². The van der Waals surface area contributed by atoms with Gasteiger partial charge in [-0.1, -0.05) is 30.1 Å². The standard InChI is InChI=1S/C12H16Cl2O2/c1-8(3-4-16-2)12(15)9-5-10(13)7-11(14)6-9/h5-8,12,15H,3-4H2,1-2H3. The number of aliphatic hydroxyl groups is 1. The number of benzene rings is 1. The molecule has 4 heteroatoms. The molecule has 16 heavy (non-hydrogen) atoms. The minimum Gasteiger partial charge on any atom is -0.388 e. The van der Waals surface area contributed by atoms with Crippen LogP contribution in [-0.4, -0.2) is 18.8 Å². The Balaban J connectivity index is 2.74. The van der Waals surface area contributed by atoms with E-state index in [2.05, 4.69) is 0 Å². The molecule has 2 unspecified atom stereocenters. The molecule has 0 saturated carbocycles. The minimum atomic E-state index is -0.564. The fourth-order valence-corrected chi connectivity index (χ4v) is 2.08. The van der Waals surface area contributed by atoms with Crippen LogP contribution in [0.1, 0.15) is 25.0 Å². The van der Waals surface area contributed by atoms with E-state index >= 15 is 0 Å². The second-order valence-corrected chi connectivity index (χ2v) is 4.78. The molecule has 2 atom stereocenters. The second kappa shape index (κ2) is 6.45. The van der Waals surface area contributed by atoms with E-state index in [4.69, 9.17) is 27.9 Å². The number of ether oxygens (including phenoxy) is 1. The van der Waals surface area contributed by atoms with Crippen LogP contribution in [0.4, 0.5) is 0 Å². The first-order valence-electron chi connectivity index (χ1n) is 5.17. The second-order valence-electron chi connectivity index (χ2n) is 3.91. The summed E-state index contributed by atoms with van der Waals surface area (Å²) in [4.78, 5) is 0. The molecule has 0 aliphatic rings. The summed E-state index contributed by atoms with van der Waals surface area (Å²) in [6.45, 7) is 2.60. The molecule has 0 aliphatic carbocycles. The Morgan fingerprint density at radius 1 is 1.25 bits per heavy atom. The van der Waals surface area contributed by atoms with Crippen molar-refractivity contribution in [2.24, 2.45) is 5.92 Å². The van der Waals surface area contributed by atoms with Crippen LogP contribution in [-0.2, 0) is 4.74 Å². The van der Waals surface area contributed by atoms with Crippen molar-refractivity contribution in [2.75, 3.05) is 13.7 Å². The maximum absolute atomic E-state index is 10.1. The molecule has 1 rings (SSSR count). The van der Waals surface area contributed by atoms with Crippen LogP contribution in [0.25, 0.3) is 0 Å². The summed E-state index contributed by atoms with van der Waals surface area (Å²) in [5.41, 5.74) is 0.751. The lowest BCUT2D eigenvalue weighted by Crippen LogP contribution is -2.11. The molecule has 0 spiro atoms. The van der Waals surface area contributed by atoms with E-state index < -0.39 is 6.10 Å². The third-order valence-electron chi connectivity index (χ3n) is 2.54. The van der Waals surface area contributed by atoms with Crippen LogP contribution in [0.15, 0.2) is 18.2 Å². The average molecular weight is 263 g/mol. The number of hydrogen-bond donors (Lipinski definition) is 1. The van der Waals surface area contributed by atoms with Crippen molar-refractivity contribution in [3.05, 3.63) is 33.8 Å². The quantitative estimate of drug-likeness (QED) is 0.877. The summed E-state index contributed by atoms with van der Waals surface area (Å²) in [6, 6.07) is 5.13. The first-order chi connectivity index (χ1) is 7.54. The van der Waals surface area contributed by atoms with Gasteiger partial charge >= 0.3 is 0 Å². The van der Waals surface area contributed by atoms with Gasteiger partial charge in [0.1, 0.15) is 0 Å². The van der Waals surface area contributed by atoms with Crippen LogP contribution in [0.3, 0.4) is 0 Å². The molecular formula is C12H16Cl2O2. The van der Waals surface area contributed by atoms with Gasteiger partial charge in [-0.3, -0.25) is 0 Å². The summed E-state index contributed by atoms with van der Waals surface area (Å²) < 4.78 is 4.98. The Hall–Kier alpha value is -0.280. The molecule has 1 N–H and O–H groups in total. The molecule has 1 aromatic carbocycles. The smallest absolute Gasteiger partial charge is 0.0817 e. The topological polar surface area (TPSA) is 29.5 Å². The van der Waals surface area contributed by atoms with E-state index in [9.17, 15) is 5.11 Å². The van der Waals surface area contributed by atoms with Gasteiger partial charge in [0.15, 0.2) is 0 Å². The lowest BCUT2D eigenvalue weighted by atomic mass is 9.95. The van der Waals surface area contributed by atoms with Gasteiger partial charge in [0.25, 0.3) is 0 Å². The summed E-state index contributed by atoms with van der Waals surface area (Å²) in [5, 5.41) is 11.2. The molecule has 0 bridgehead atoms. The number of aliphatic hydroxyl groups excluding tert-OH is 1. The Labute approximate surface area is 106 Å². The van der Waals surface area contributed by atoms with Crippen molar-refractivity contribution >= 4 is 23.2 Å².